The molecule has 0 N–H and O–H groups in total. The number of nitrogens with zero attached hydrogens (tertiary/aromatic N) is 1. The monoisotopic (exact) mass is 365 g/mol. The van der Waals surface area contributed by atoms with E-state index in [0.717, 1.165) is 6.07 Å². The highest BCUT2D eigenvalue weighted by atomic mass is 32.2. The van der Waals surface area contributed by atoms with Gasteiger partial charge in [0.1, 0.15) is 0 Å². The predicted molar refractivity (Wildman–Crippen MR) is 89.3 cm³/mol. The van der Waals surface area contributed by atoms with E-state index < -0.39 is 27.4 Å². The van der Waals surface area contributed by atoms with Crippen LogP contribution in [0, 0.1) is 0 Å². The lowest BCUT2D eigenvalue weighted by Gasteiger charge is -2.17. The van der Waals surface area contributed by atoms with E-state index in [-0.39, 0.29) is 29.1 Å². The van der Waals surface area contributed by atoms with Crippen molar-refractivity contribution in [3.8, 4) is 0 Å². The Labute approximate surface area is 145 Å². The summed E-state index contributed by atoms with van der Waals surface area (Å²) in [5, 5.41) is -0.683. The van der Waals surface area contributed by atoms with Crippen molar-refractivity contribution >= 4 is 15.7 Å². The molecule has 0 radical (unpaired) electrons. The largest absolute Gasteiger partial charge is 0.337 e. The van der Waals surface area contributed by atoms with Crippen molar-refractivity contribution in [3.63, 3.8) is 0 Å². The number of halogens is 2. The van der Waals surface area contributed by atoms with Crippen molar-refractivity contribution in [1.82, 2.24) is 4.90 Å². The van der Waals surface area contributed by atoms with Gasteiger partial charge in [-0.1, -0.05) is 30.3 Å². The summed E-state index contributed by atoms with van der Waals surface area (Å²) in [6, 6.07) is 13.4. The number of hydrogen-bond acceptors (Lipinski definition) is 3. The molecule has 0 bridgehead atoms. The number of amides is 1. The van der Waals surface area contributed by atoms with E-state index >= 15 is 0 Å². The molecular formula is C18H17F2NO3S. The predicted octanol–water partition coefficient (Wildman–Crippen LogP) is 3.31. The second-order valence-corrected chi connectivity index (χ2v) is 8.17. The van der Waals surface area contributed by atoms with Crippen LogP contribution in [0.3, 0.4) is 0 Å². The summed E-state index contributed by atoms with van der Waals surface area (Å²) in [7, 11) is -3.52. The fourth-order valence-corrected chi connectivity index (χ4v) is 4.67. The minimum absolute atomic E-state index is 0.0645. The third-order valence-corrected chi connectivity index (χ3v) is 6.52. The van der Waals surface area contributed by atoms with E-state index in [1.165, 1.54) is 35.2 Å². The van der Waals surface area contributed by atoms with E-state index in [1.807, 2.05) is 0 Å². The first-order valence-corrected chi connectivity index (χ1v) is 9.40. The number of carbonyl (C=O) groups excluding carboxylic acids is 1. The van der Waals surface area contributed by atoms with Gasteiger partial charge in [-0.15, -0.1) is 0 Å². The molecular weight excluding hydrogens is 348 g/mol. The SMILES string of the molecule is O=C(c1cccc(C(F)F)c1)N1CCC(S(=O)(=O)c2ccccc2)C1. The average molecular weight is 365 g/mol. The lowest BCUT2D eigenvalue weighted by molar-refractivity contribution is 0.0792. The number of likely N-dealkylation sites (tertiary alicyclic amines) is 1. The Kier molecular flexibility index (Phi) is 4.85. The maximum Gasteiger partial charge on any atom is 0.263 e. The van der Waals surface area contributed by atoms with Crippen LogP contribution < -0.4 is 0 Å². The molecule has 0 saturated carbocycles. The smallest absolute Gasteiger partial charge is 0.263 e. The minimum Gasteiger partial charge on any atom is -0.337 e. The minimum atomic E-state index is -3.52. The van der Waals surface area contributed by atoms with Crippen LogP contribution in [0.5, 0.6) is 0 Å². The van der Waals surface area contributed by atoms with Crippen molar-refractivity contribution < 1.29 is 22.0 Å². The summed E-state index contributed by atoms with van der Waals surface area (Å²) in [4.78, 5) is 14.2. The lowest BCUT2D eigenvalue weighted by atomic mass is 10.1. The summed E-state index contributed by atoms with van der Waals surface area (Å²) in [6.07, 6.45) is -2.32. The zero-order chi connectivity index (χ0) is 18.0. The lowest BCUT2D eigenvalue weighted by Crippen LogP contribution is -2.32. The molecule has 1 fully saturated rings. The van der Waals surface area contributed by atoms with Gasteiger partial charge in [0.25, 0.3) is 12.3 Å². The second-order valence-electron chi connectivity index (χ2n) is 5.95. The topological polar surface area (TPSA) is 54.5 Å². The molecule has 1 amide bonds. The van der Waals surface area contributed by atoms with Crippen LogP contribution in [0.2, 0.25) is 0 Å². The Bertz CT molecular complexity index is 869. The van der Waals surface area contributed by atoms with Crippen LogP contribution in [0.25, 0.3) is 0 Å². The summed E-state index contributed by atoms with van der Waals surface area (Å²) in [5.74, 6) is -0.423. The molecule has 1 aliphatic heterocycles. The first kappa shape index (κ1) is 17.5. The average Bonchev–Trinajstić information content (AvgIpc) is 3.13. The van der Waals surface area contributed by atoms with Crippen molar-refractivity contribution in [2.45, 2.75) is 23.0 Å². The zero-order valence-corrected chi connectivity index (χ0v) is 14.1. The molecule has 1 heterocycles. The van der Waals surface area contributed by atoms with Crippen molar-refractivity contribution in [1.29, 1.82) is 0 Å². The zero-order valence-electron chi connectivity index (χ0n) is 13.3. The van der Waals surface area contributed by atoms with Crippen LogP contribution >= 0.6 is 0 Å². The molecule has 1 saturated heterocycles. The van der Waals surface area contributed by atoms with Crippen LogP contribution in [0.15, 0.2) is 59.5 Å². The van der Waals surface area contributed by atoms with Gasteiger partial charge in [-0.2, -0.15) is 0 Å². The summed E-state index contributed by atoms with van der Waals surface area (Å²) in [5.41, 5.74) is -0.0749. The van der Waals surface area contributed by atoms with Gasteiger partial charge in [0.2, 0.25) is 0 Å². The molecule has 25 heavy (non-hydrogen) atoms. The van der Waals surface area contributed by atoms with Gasteiger partial charge in [0.15, 0.2) is 9.84 Å². The summed E-state index contributed by atoms with van der Waals surface area (Å²) < 4.78 is 50.9. The van der Waals surface area contributed by atoms with Gasteiger partial charge in [-0.3, -0.25) is 4.79 Å². The Morgan fingerprint density at radius 2 is 1.80 bits per heavy atom. The standard InChI is InChI=1S/C18H17F2NO3S/c19-17(20)13-5-4-6-14(11-13)18(22)21-10-9-16(12-21)25(23,24)15-7-2-1-3-8-15/h1-8,11,16-17H,9-10,12H2. The Hall–Kier alpha value is -2.28. The second kappa shape index (κ2) is 6.92. The maximum atomic E-state index is 12.8. The fraction of sp³-hybridized carbons (Fsp3) is 0.278. The molecule has 1 atom stereocenters. The third-order valence-electron chi connectivity index (χ3n) is 4.33. The number of carbonyl (C=O) groups is 1. The summed E-state index contributed by atoms with van der Waals surface area (Å²) >= 11 is 0. The van der Waals surface area contributed by atoms with Gasteiger partial charge >= 0.3 is 0 Å². The van der Waals surface area contributed by atoms with Crippen LogP contribution in [-0.2, 0) is 9.84 Å². The van der Waals surface area contributed by atoms with Gasteiger partial charge in [-0.05, 0) is 30.7 Å². The number of sulfone groups is 1. The van der Waals surface area contributed by atoms with Crippen molar-refractivity contribution in [2.75, 3.05) is 13.1 Å². The Balaban J connectivity index is 1.77. The molecule has 0 aliphatic carbocycles. The van der Waals surface area contributed by atoms with E-state index in [9.17, 15) is 22.0 Å². The first-order chi connectivity index (χ1) is 11.9. The van der Waals surface area contributed by atoms with E-state index in [2.05, 4.69) is 0 Å². The molecule has 2 aromatic carbocycles. The van der Waals surface area contributed by atoms with Gasteiger partial charge in [0, 0.05) is 24.2 Å². The van der Waals surface area contributed by atoms with Gasteiger partial charge < -0.3 is 4.90 Å². The highest BCUT2D eigenvalue weighted by Crippen LogP contribution is 2.26. The Morgan fingerprint density at radius 1 is 1.08 bits per heavy atom. The Morgan fingerprint density at radius 3 is 2.48 bits per heavy atom. The molecule has 2 aromatic rings. The van der Waals surface area contributed by atoms with Gasteiger partial charge in [-0.25, -0.2) is 17.2 Å². The van der Waals surface area contributed by atoms with E-state index in [1.54, 1.807) is 18.2 Å². The van der Waals surface area contributed by atoms with E-state index in [4.69, 9.17) is 0 Å². The number of rotatable bonds is 4. The number of hydrogen-bond donors (Lipinski definition) is 0. The highest BCUT2D eigenvalue weighted by Gasteiger charge is 2.36. The molecule has 7 heteroatoms. The van der Waals surface area contributed by atoms with Crippen LogP contribution in [0.4, 0.5) is 8.78 Å². The van der Waals surface area contributed by atoms with Gasteiger partial charge in [0.05, 0.1) is 10.1 Å². The molecule has 4 nitrogen and oxygen atoms in total. The summed E-state index contributed by atoms with van der Waals surface area (Å²) in [6.45, 7) is 0.351. The van der Waals surface area contributed by atoms with E-state index in [0.29, 0.717) is 6.42 Å². The van der Waals surface area contributed by atoms with Crippen molar-refractivity contribution in [3.05, 3.63) is 65.7 Å². The molecule has 1 unspecified atom stereocenters. The number of benzene rings is 2. The highest BCUT2D eigenvalue weighted by molar-refractivity contribution is 7.92. The van der Waals surface area contributed by atoms with Crippen LogP contribution in [-0.4, -0.2) is 37.6 Å². The molecule has 0 aromatic heterocycles. The fourth-order valence-electron chi connectivity index (χ4n) is 2.96. The third kappa shape index (κ3) is 3.56. The molecule has 3 rings (SSSR count). The molecule has 1 aliphatic rings. The van der Waals surface area contributed by atoms with Crippen molar-refractivity contribution in [2.24, 2.45) is 0 Å². The quantitative estimate of drug-likeness (QED) is 0.835. The number of alkyl halides is 2. The normalized spacial score (nSPS) is 17.9. The maximum absolute atomic E-state index is 12.8. The molecule has 0 spiro atoms. The molecule has 132 valence electrons. The first-order valence-electron chi connectivity index (χ1n) is 7.86. The van der Waals surface area contributed by atoms with Crippen LogP contribution in [0.1, 0.15) is 28.8 Å².